The fourth-order valence-electron chi connectivity index (χ4n) is 2.53. The average molecular weight is 275 g/mol. The van der Waals surface area contributed by atoms with Crippen molar-refractivity contribution in [3.05, 3.63) is 33.9 Å². The Bertz CT molecular complexity index is 594. The highest BCUT2D eigenvalue weighted by molar-refractivity contribution is 5.69. The molecule has 1 aliphatic rings. The monoisotopic (exact) mass is 275 g/mol. The van der Waals surface area contributed by atoms with Crippen molar-refractivity contribution in [2.24, 2.45) is 0 Å². The van der Waals surface area contributed by atoms with Gasteiger partial charge in [-0.1, -0.05) is 0 Å². The standard InChI is InChI=1S/C13H13N3O4/c14-8-9-3-4-11(6-12(9)16(19)20)15-5-1-2-10(15)7-13(17)18/h3-4,6,10H,1-2,5,7H2,(H,17,18). The minimum Gasteiger partial charge on any atom is -0.481 e. The average Bonchev–Trinajstić information content (AvgIpc) is 2.85. The molecule has 1 atom stereocenters. The second kappa shape index (κ2) is 5.57. The number of anilines is 1. The van der Waals surface area contributed by atoms with E-state index in [1.54, 1.807) is 12.1 Å². The molecule has 7 heteroatoms. The number of aliphatic carboxylic acids is 1. The van der Waals surface area contributed by atoms with Crippen LogP contribution in [-0.2, 0) is 4.79 Å². The number of nitro benzene ring substituents is 1. The van der Waals surface area contributed by atoms with Crippen molar-refractivity contribution in [2.45, 2.75) is 25.3 Å². The highest BCUT2D eigenvalue weighted by Gasteiger charge is 2.28. The van der Waals surface area contributed by atoms with E-state index in [9.17, 15) is 14.9 Å². The number of carboxylic acids is 1. The van der Waals surface area contributed by atoms with E-state index in [0.29, 0.717) is 12.2 Å². The van der Waals surface area contributed by atoms with Crippen LogP contribution in [0.1, 0.15) is 24.8 Å². The number of benzene rings is 1. The second-order valence-electron chi connectivity index (χ2n) is 4.66. The van der Waals surface area contributed by atoms with Crippen molar-refractivity contribution in [3.63, 3.8) is 0 Å². The predicted octanol–water partition coefficient (Wildman–Crippen LogP) is 1.91. The van der Waals surface area contributed by atoms with Crippen LogP contribution in [0.5, 0.6) is 0 Å². The molecular formula is C13H13N3O4. The topological polar surface area (TPSA) is 107 Å². The maximum atomic E-state index is 10.9. The summed E-state index contributed by atoms with van der Waals surface area (Å²) in [7, 11) is 0. The highest BCUT2D eigenvalue weighted by atomic mass is 16.6. The zero-order valence-electron chi connectivity index (χ0n) is 10.7. The number of carbonyl (C=O) groups is 1. The summed E-state index contributed by atoms with van der Waals surface area (Å²) in [5.41, 5.74) is 0.359. The second-order valence-corrected chi connectivity index (χ2v) is 4.66. The van der Waals surface area contributed by atoms with Gasteiger partial charge in [-0.3, -0.25) is 14.9 Å². The van der Waals surface area contributed by atoms with E-state index < -0.39 is 10.9 Å². The Labute approximate surface area is 115 Å². The van der Waals surface area contributed by atoms with Crippen molar-refractivity contribution >= 4 is 17.3 Å². The maximum Gasteiger partial charge on any atom is 0.305 e. The molecule has 0 amide bonds. The zero-order valence-corrected chi connectivity index (χ0v) is 10.7. The van der Waals surface area contributed by atoms with Crippen molar-refractivity contribution in [2.75, 3.05) is 11.4 Å². The summed E-state index contributed by atoms with van der Waals surface area (Å²) in [4.78, 5) is 23.0. The molecule has 1 aromatic rings. The lowest BCUT2D eigenvalue weighted by atomic mass is 10.1. The molecule has 1 aliphatic heterocycles. The number of nitro groups is 1. The Hall–Kier alpha value is -2.62. The summed E-state index contributed by atoms with van der Waals surface area (Å²) in [6.07, 6.45) is 1.61. The van der Waals surface area contributed by atoms with Gasteiger partial charge in [0, 0.05) is 24.3 Å². The van der Waals surface area contributed by atoms with E-state index >= 15 is 0 Å². The lowest BCUT2D eigenvalue weighted by Crippen LogP contribution is -2.31. The predicted molar refractivity (Wildman–Crippen MR) is 70.4 cm³/mol. The summed E-state index contributed by atoms with van der Waals surface area (Å²) in [5.74, 6) is -0.884. The largest absolute Gasteiger partial charge is 0.481 e. The fraction of sp³-hybridized carbons (Fsp3) is 0.385. The fourth-order valence-corrected chi connectivity index (χ4v) is 2.53. The molecule has 0 saturated carbocycles. The van der Waals surface area contributed by atoms with Gasteiger partial charge in [0.05, 0.1) is 11.3 Å². The smallest absolute Gasteiger partial charge is 0.305 e. The molecule has 20 heavy (non-hydrogen) atoms. The van der Waals surface area contributed by atoms with Crippen LogP contribution in [0.2, 0.25) is 0 Å². The zero-order chi connectivity index (χ0) is 14.7. The molecule has 1 N–H and O–H groups in total. The van der Waals surface area contributed by atoms with Crippen molar-refractivity contribution in [3.8, 4) is 6.07 Å². The summed E-state index contributed by atoms with van der Waals surface area (Å²) in [6, 6.07) is 6.01. The van der Waals surface area contributed by atoms with E-state index in [4.69, 9.17) is 10.4 Å². The first-order valence-electron chi connectivity index (χ1n) is 6.20. The van der Waals surface area contributed by atoms with Crippen LogP contribution >= 0.6 is 0 Å². The molecule has 1 aromatic carbocycles. The van der Waals surface area contributed by atoms with Gasteiger partial charge in [-0.2, -0.15) is 5.26 Å². The Kier molecular flexibility index (Phi) is 3.84. The Morgan fingerprint density at radius 2 is 2.35 bits per heavy atom. The molecule has 1 saturated heterocycles. The summed E-state index contributed by atoms with van der Waals surface area (Å²) in [6.45, 7) is 0.668. The Balaban J connectivity index is 2.33. The van der Waals surface area contributed by atoms with Crippen LogP contribution in [0, 0.1) is 21.4 Å². The molecule has 1 fully saturated rings. The third-order valence-electron chi connectivity index (χ3n) is 3.42. The van der Waals surface area contributed by atoms with Gasteiger partial charge in [-0.15, -0.1) is 0 Å². The van der Waals surface area contributed by atoms with E-state index in [0.717, 1.165) is 12.8 Å². The summed E-state index contributed by atoms with van der Waals surface area (Å²) < 4.78 is 0. The molecule has 104 valence electrons. The molecule has 0 spiro atoms. The number of hydrogen-bond acceptors (Lipinski definition) is 5. The van der Waals surface area contributed by atoms with Crippen LogP contribution in [-0.4, -0.2) is 28.6 Å². The first-order chi connectivity index (χ1) is 9.52. The van der Waals surface area contributed by atoms with E-state index in [2.05, 4.69) is 0 Å². The third kappa shape index (κ3) is 2.69. The SMILES string of the molecule is N#Cc1ccc(N2CCCC2CC(=O)O)cc1[N+](=O)[O-]. The summed E-state index contributed by atoms with van der Waals surface area (Å²) >= 11 is 0. The Morgan fingerprint density at radius 3 is 2.95 bits per heavy atom. The van der Waals surface area contributed by atoms with Crippen LogP contribution in [0.25, 0.3) is 0 Å². The Morgan fingerprint density at radius 1 is 1.60 bits per heavy atom. The molecule has 2 rings (SSSR count). The third-order valence-corrected chi connectivity index (χ3v) is 3.42. The molecule has 7 nitrogen and oxygen atoms in total. The number of nitrogens with zero attached hydrogens (tertiary/aromatic N) is 3. The molecule has 1 unspecified atom stereocenters. The van der Waals surface area contributed by atoms with Crippen molar-refractivity contribution in [1.29, 1.82) is 5.26 Å². The van der Waals surface area contributed by atoms with E-state index in [1.807, 2.05) is 4.90 Å². The molecular weight excluding hydrogens is 262 g/mol. The van der Waals surface area contributed by atoms with Gasteiger partial charge in [0.1, 0.15) is 11.6 Å². The van der Waals surface area contributed by atoms with Crippen molar-refractivity contribution in [1.82, 2.24) is 0 Å². The van der Waals surface area contributed by atoms with Crippen LogP contribution in [0.4, 0.5) is 11.4 Å². The highest BCUT2D eigenvalue weighted by Crippen LogP contribution is 2.31. The lowest BCUT2D eigenvalue weighted by Gasteiger charge is -2.25. The number of nitriles is 1. The molecule has 0 radical (unpaired) electrons. The normalized spacial score (nSPS) is 17.8. The number of hydrogen-bond donors (Lipinski definition) is 1. The minimum atomic E-state index is -0.884. The lowest BCUT2D eigenvalue weighted by molar-refractivity contribution is -0.385. The molecule has 1 heterocycles. The summed E-state index contributed by atoms with van der Waals surface area (Å²) in [5, 5.41) is 28.7. The van der Waals surface area contributed by atoms with Crippen LogP contribution in [0.3, 0.4) is 0 Å². The molecule has 0 bridgehead atoms. The van der Waals surface area contributed by atoms with E-state index in [1.165, 1.54) is 12.1 Å². The maximum absolute atomic E-state index is 10.9. The van der Waals surface area contributed by atoms with Gasteiger partial charge < -0.3 is 10.0 Å². The number of rotatable bonds is 4. The van der Waals surface area contributed by atoms with Crippen molar-refractivity contribution < 1.29 is 14.8 Å². The first-order valence-corrected chi connectivity index (χ1v) is 6.20. The van der Waals surface area contributed by atoms with Gasteiger partial charge in [0.25, 0.3) is 5.69 Å². The van der Waals surface area contributed by atoms with Crippen LogP contribution in [0.15, 0.2) is 18.2 Å². The van der Waals surface area contributed by atoms with Gasteiger partial charge >= 0.3 is 5.97 Å². The van der Waals surface area contributed by atoms with Gasteiger partial charge in [0.15, 0.2) is 0 Å². The molecule has 0 aliphatic carbocycles. The number of carboxylic acid groups (broad SMARTS) is 1. The minimum absolute atomic E-state index is 0.00716. The first kappa shape index (κ1) is 13.8. The van der Waals surface area contributed by atoms with E-state index in [-0.39, 0.29) is 23.7 Å². The van der Waals surface area contributed by atoms with Gasteiger partial charge in [0.2, 0.25) is 0 Å². The molecule has 0 aromatic heterocycles. The van der Waals surface area contributed by atoms with Gasteiger partial charge in [-0.25, -0.2) is 0 Å². The van der Waals surface area contributed by atoms with Crippen LogP contribution < -0.4 is 4.90 Å². The quantitative estimate of drug-likeness (QED) is 0.664. The van der Waals surface area contributed by atoms with Gasteiger partial charge in [-0.05, 0) is 25.0 Å².